The molecule has 2 aliphatic rings. The average Bonchev–Trinajstić information content (AvgIpc) is 2.66. The Kier molecular flexibility index (Phi) is 3.92. The van der Waals surface area contributed by atoms with Crippen LogP contribution in [0.3, 0.4) is 0 Å². The van der Waals surface area contributed by atoms with Gasteiger partial charge in [0.05, 0.1) is 6.10 Å². The summed E-state index contributed by atoms with van der Waals surface area (Å²) in [5.41, 5.74) is 5.52. The molecule has 0 aromatic carbocycles. The third-order valence-corrected chi connectivity index (χ3v) is 6.21. The van der Waals surface area contributed by atoms with Gasteiger partial charge >= 0.3 is 6.18 Å². The lowest BCUT2D eigenvalue weighted by atomic mass is 9.70. The Morgan fingerprint density at radius 3 is 2.25 bits per heavy atom. The maximum atomic E-state index is 13.2. The lowest BCUT2D eigenvalue weighted by Crippen LogP contribution is -2.51. The number of hydrogen-bond acceptors (Lipinski definition) is 2. The summed E-state index contributed by atoms with van der Waals surface area (Å²) in [5.74, 6) is 0.462. The van der Waals surface area contributed by atoms with Gasteiger partial charge in [0.15, 0.2) is 6.10 Å². The normalized spacial score (nSPS) is 39.0. The molecule has 2 bridgehead atoms. The third kappa shape index (κ3) is 2.27. The highest BCUT2D eigenvalue weighted by molar-refractivity contribution is 5.11. The van der Waals surface area contributed by atoms with Crippen molar-refractivity contribution < 1.29 is 17.9 Å². The van der Waals surface area contributed by atoms with Gasteiger partial charge in [-0.25, -0.2) is 0 Å². The van der Waals surface area contributed by atoms with Crippen molar-refractivity contribution in [3.05, 3.63) is 0 Å². The molecule has 5 heteroatoms. The van der Waals surface area contributed by atoms with Gasteiger partial charge in [0.25, 0.3) is 0 Å². The van der Waals surface area contributed by atoms with Crippen LogP contribution in [0.15, 0.2) is 0 Å². The maximum Gasteiger partial charge on any atom is 0.416 e. The molecule has 2 saturated carbocycles. The van der Waals surface area contributed by atoms with Crippen molar-refractivity contribution in [2.24, 2.45) is 22.5 Å². The molecular formula is C15H26F3NO. The second-order valence-corrected chi connectivity index (χ2v) is 7.27. The van der Waals surface area contributed by atoms with E-state index in [-0.39, 0.29) is 23.4 Å². The molecule has 5 unspecified atom stereocenters. The summed E-state index contributed by atoms with van der Waals surface area (Å²) in [5, 5.41) is 0. The molecule has 0 aromatic heterocycles. The Morgan fingerprint density at radius 1 is 1.30 bits per heavy atom. The van der Waals surface area contributed by atoms with Gasteiger partial charge in [-0.3, -0.25) is 0 Å². The van der Waals surface area contributed by atoms with Crippen molar-refractivity contribution in [3.8, 4) is 0 Å². The molecule has 0 amide bonds. The summed E-state index contributed by atoms with van der Waals surface area (Å²) in [7, 11) is 0. The van der Waals surface area contributed by atoms with Crippen LogP contribution < -0.4 is 5.73 Å². The zero-order valence-electron chi connectivity index (χ0n) is 12.8. The Balaban J connectivity index is 2.17. The summed E-state index contributed by atoms with van der Waals surface area (Å²) in [6, 6.07) is -0.985. The molecule has 2 rings (SSSR count). The van der Waals surface area contributed by atoms with Gasteiger partial charge in [-0.05, 0) is 42.4 Å². The monoisotopic (exact) mass is 293 g/mol. The van der Waals surface area contributed by atoms with Crippen LogP contribution in [0.5, 0.6) is 0 Å². The van der Waals surface area contributed by atoms with Crippen molar-refractivity contribution in [2.45, 2.75) is 77.8 Å². The minimum absolute atomic E-state index is 0.0458. The van der Waals surface area contributed by atoms with Crippen molar-refractivity contribution in [1.29, 1.82) is 0 Å². The Bertz CT molecular complexity index is 369. The van der Waals surface area contributed by atoms with Crippen LogP contribution >= 0.6 is 0 Å². The Morgan fingerprint density at radius 2 is 1.90 bits per heavy atom. The summed E-state index contributed by atoms with van der Waals surface area (Å²) in [6.45, 7) is 8.07. The molecule has 2 nitrogen and oxygen atoms in total. The van der Waals surface area contributed by atoms with E-state index in [1.54, 1.807) is 6.92 Å². The minimum Gasteiger partial charge on any atom is -0.363 e. The summed E-state index contributed by atoms with van der Waals surface area (Å²) in [4.78, 5) is 0. The molecule has 0 saturated heterocycles. The summed E-state index contributed by atoms with van der Waals surface area (Å²) in [6.07, 6.45) is -3.53. The van der Waals surface area contributed by atoms with E-state index in [4.69, 9.17) is 10.5 Å². The SMILES string of the molecule is CCC(N)C(OC1CC2CCC1(C)C2(C)C)C(F)(F)F. The van der Waals surface area contributed by atoms with Crippen molar-refractivity contribution in [2.75, 3.05) is 0 Å². The lowest BCUT2D eigenvalue weighted by Gasteiger charge is -2.41. The third-order valence-electron chi connectivity index (χ3n) is 6.21. The van der Waals surface area contributed by atoms with Crippen molar-refractivity contribution >= 4 is 0 Å². The van der Waals surface area contributed by atoms with Crippen LogP contribution in [0.2, 0.25) is 0 Å². The number of alkyl halides is 3. The molecule has 2 aliphatic carbocycles. The maximum absolute atomic E-state index is 13.2. The standard InChI is InChI=1S/C15H26F3NO/c1-5-10(19)12(15(16,17)18)20-11-8-9-6-7-14(11,4)13(9,2)3/h9-12H,5-8,19H2,1-4H3. The average molecular weight is 293 g/mol. The summed E-state index contributed by atoms with van der Waals surface area (Å²) < 4.78 is 45.0. The van der Waals surface area contributed by atoms with Crippen molar-refractivity contribution in [1.82, 2.24) is 0 Å². The van der Waals surface area contributed by atoms with E-state index in [2.05, 4.69) is 20.8 Å². The van der Waals surface area contributed by atoms with E-state index in [0.29, 0.717) is 5.92 Å². The van der Waals surface area contributed by atoms with Crippen molar-refractivity contribution in [3.63, 3.8) is 0 Å². The first-order valence-corrected chi connectivity index (χ1v) is 7.51. The number of fused-ring (bicyclic) bond motifs is 2. The van der Waals surface area contributed by atoms with Crippen LogP contribution in [0.4, 0.5) is 13.2 Å². The zero-order valence-corrected chi connectivity index (χ0v) is 12.8. The highest BCUT2D eigenvalue weighted by Crippen LogP contribution is 2.66. The molecule has 5 atom stereocenters. The predicted octanol–water partition coefficient (Wildman–Crippen LogP) is 3.89. The minimum atomic E-state index is -4.39. The number of rotatable bonds is 4. The summed E-state index contributed by atoms with van der Waals surface area (Å²) >= 11 is 0. The first-order chi connectivity index (χ1) is 9.04. The van der Waals surface area contributed by atoms with Crippen LogP contribution in [0.1, 0.15) is 53.4 Å². The smallest absolute Gasteiger partial charge is 0.363 e. The zero-order chi connectivity index (χ0) is 15.3. The highest BCUT2D eigenvalue weighted by atomic mass is 19.4. The van der Waals surface area contributed by atoms with E-state index in [1.165, 1.54) is 0 Å². The topological polar surface area (TPSA) is 35.2 Å². The quantitative estimate of drug-likeness (QED) is 0.853. The van der Waals surface area contributed by atoms with Crippen LogP contribution in [-0.2, 0) is 4.74 Å². The predicted molar refractivity (Wildman–Crippen MR) is 72.2 cm³/mol. The molecule has 118 valence electrons. The molecule has 0 aromatic rings. The first kappa shape index (κ1) is 16.1. The second kappa shape index (κ2) is 4.87. The Hall–Kier alpha value is -0.290. The van der Waals surface area contributed by atoms with Gasteiger partial charge in [-0.1, -0.05) is 27.7 Å². The van der Waals surface area contributed by atoms with E-state index >= 15 is 0 Å². The number of ether oxygens (including phenoxy) is 1. The molecule has 0 radical (unpaired) electrons. The molecule has 2 N–H and O–H groups in total. The largest absolute Gasteiger partial charge is 0.416 e. The van der Waals surface area contributed by atoms with Gasteiger partial charge in [-0.2, -0.15) is 13.2 Å². The fraction of sp³-hybridized carbons (Fsp3) is 1.00. The van der Waals surface area contributed by atoms with E-state index in [0.717, 1.165) is 19.3 Å². The number of nitrogens with two attached hydrogens (primary N) is 1. The molecule has 0 spiro atoms. The lowest BCUT2D eigenvalue weighted by molar-refractivity contribution is -0.251. The molecular weight excluding hydrogens is 267 g/mol. The van der Waals surface area contributed by atoms with Gasteiger partial charge < -0.3 is 10.5 Å². The molecule has 0 heterocycles. The number of hydrogen-bond donors (Lipinski definition) is 1. The van der Waals surface area contributed by atoms with Gasteiger partial charge in [0.1, 0.15) is 0 Å². The molecule has 20 heavy (non-hydrogen) atoms. The van der Waals surface area contributed by atoms with E-state index in [9.17, 15) is 13.2 Å². The van der Waals surface area contributed by atoms with Gasteiger partial charge in [0, 0.05) is 6.04 Å². The van der Waals surface area contributed by atoms with Crippen LogP contribution in [0.25, 0.3) is 0 Å². The fourth-order valence-corrected chi connectivity index (χ4v) is 4.15. The highest BCUT2D eigenvalue weighted by Gasteiger charge is 2.63. The fourth-order valence-electron chi connectivity index (χ4n) is 4.15. The number of halogens is 3. The van der Waals surface area contributed by atoms with Crippen LogP contribution in [-0.4, -0.2) is 24.4 Å². The first-order valence-electron chi connectivity index (χ1n) is 7.51. The van der Waals surface area contributed by atoms with Gasteiger partial charge in [-0.15, -0.1) is 0 Å². The van der Waals surface area contributed by atoms with E-state index < -0.39 is 18.3 Å². The second-order valence-electron chi connectivity index (χ2n) is 7.27. The molecule has 2 fully saturated rings. The van der Waals surface area contributed by atoms with Crippen LogP contribution in [0, 0.1) is 16.7 Å². The van der Waals surface area contributed by atoms with Gasteiger partial charge in [0.2, 0.25) is 0 Å². The van der Waals surface area contributed by atoms with E-state index in [1.807, 2.05) is 0 Å². The Labute approximate surface area is 119 Å². The molecule has 0 aliphatic heterocycles.